The summed E-state index contributed by atoms with van der Waals surface area (Å²) in [5.74, 6) is 0.830. The van der Waals surface area contributed by atoms with E-state index in [-0.39, 0.29) is 0 Å². The van der Waals surface area contributed by atoms with Crippen LogP contribution in [0.2, 0.25) is 0 Å². The van der Waals surface area contributed by atoms with Crippen molar-refractivity contribution in [1.29, 1.82) is 0 Å². The van der Waals surface area contributed by atoms with E-state index in [0.717, 1.165) is 22.6 Å². The number of rotatable bonds is 2. The third-order valence-electron chi connectivity index (χ3n) is 2.14. The summed E-state index contributed by atoms with van der Waals surface area (Å²) in [6, 6.07) is 1.96. The van der Waals surface area contributed by atoms with Crippen LogP contribution < -0.4 is 5.73 Å². The molecule has 0 spiro atoms. The summed E-state index contributed by atoms with van der Waals surface area (Å²) in [6.45, 7) is 2.51. The van der Waals surface area contributed by atoms with Gasteiger partial charge in [-0.15, -0.1) is 0 Å². The third-order valence-corrected chi connectivity index (χ3v) is 2.14. The van der Waals surface area contributed by atoms with Crippen LogP contribution in [0, 0.1) is 6.92 Å². The maximum absolute atomic E-state index is 5.49. The van der Waals surface area contributed by atoms with Gasteiger partial charge in [-0.05, 0) is 18.6 Å². The molecule has 0 bridgehead atoms. The molecule has 2 heterocycles. The Morgan fingerprint density at radius 2 is 2.29 bits per heavy atom. The van der Waals surface area contributed by atoms with Crippen LogP contribution in [-0.2, 0) is 6.54 Å². The van der Waals surface area contributed by atoms with Crippen molar-refractivity contribution < 1.29 is 0 Å². The monoisotopic (exact) mass is 188 g/mol. The van der Waals surface area contributed by atoms with E-state index in [4.69, 9.17) is 5.73 Å². The minimum Gasteiger partial charge on any atom is -0.341 e. The SMILES string of the molecule is Cc1ccncc1-c1ncc(CN)[nH]1. The molecule has 0 saturated carbocycles. The molecule has 72 valence electrons. The number of nitrogens with two attached hydrogens (primary N) is 1. The van der Waals surface area contributed by atoms with Crippen LogP contribution in [0.3, 0.4) is 0 Å². The van der Waals surface area contributed by atoms with E-state index >= 15 is 0 Å². The Morgan fingerprint density at radius 3 is 2.93 bits per heavy atom. The van der Waals surface area contributed by atoms with Crippen LogP contribution in [0.15, 0.2) is 24.7 Å². The second-order valence-corrected chi connectivity index (χ2v) is 3.15. The summed E-state index contributed by atoms with van der Waals surface area (Å²) in [7, 11) is 0. The lowest BCUT2D eigenvalue weighted by molar-refractivity contribution is 1.01. The number of aromatic amines is 1. The molecule has 0 amide bonds. The van der Waals surface area contributed by atoms with E-state index in [9.17, 15) is 0 Å². The van der Waals surface area contributed by atoms with Crippen molar-refractivity contribution >= 4 is 0 Å². The predicted molar refractivity (Wildman–Crippen MR) is 54.4 cm³/mol. The number of aromatic nitrogens is 3. The molecular weight excluding hydrogens is 176 g/mol. The first kappa shape index (κ1) is 8.90. The van der Waals surface area contributed by atoms with Crippen LogP contribution in [-0.4, -0.2) is 15.0 Å². The number of pyridine rings is 1. The molecule has 4 nitrogen and oxygen atoms in total. The zero-order valence-electron chi connectivity index (χ0n) is 7.99. The fourth-order valence-corrected chi connectivity index (χ4v) is 1.31. The van der Waals surface area contributed by atoms with Crippen LogP contribution in [0.1, 0.15) is 11.3 Å². The fourth-order valence-electron chi connectivity index (χ4n) is 1.31. The average molecular weight is 188 g/mol. The zero-order chi connectivity index (χ0) is 9.97. The van der Waals surface area contributed by atoms with E-state index < -0.39 is 0 Å². The van der Waals surface area contributed by atoms with E-state index in [2.05, 4.69) is 15.0 Å². The minimum atomic E-state index is 0.478. The van der Waals surface area contributed by atoms with Gasteiger partial charge in [0.15, 0.2) is 0 Å². The highest BCUT2D eigenvalue weighted by atomic mass is 14.9. The van der Waals surface area contributed by atoms with E-state index in [1.807, 2.05) is 13.0 Å². The molecule has 0 aliphatic rings. The Balaban J connectivity index is 2.44. The highest BCUT2D eigenvalue weighted by Gasteiger charge is 2.04. The van der Waals surface area contributed by atoms with Crippen LogP contribution in [0.5, 0.6) is 0 Å². The number of H-pyrrole nitrogens is 1. The lowest BCUT2D eigenvalue weighted by atomic mass is 10.1. The van der Waals surface area contributed by atoms with Gasteiger partial charge in [0, 0.05) is 36.4 Å². The Hall–Kier alpha value is -1.68. The van der Waals surface area contributed by atoms with E-state index in [0.29, 0.717) is 6.54 Å². The summed E-state index contributed by atoms with van der Waals surface area (Å²) in [5, 5.41) is 0. The van der Waals surface area contributed by atoms with Gasteiger partial charge >= 0.3 is 0 Å². The molecule has 2 aromatic rings. The van der Waals surface area contributed by atoms with Gasteiger partial charge in [0.05, 0.1) is 0 Å². The lowest BCUT2D eigenvalue weighted by Crippen LogP contribution is -1.95. The maximum Gasteiger partial charge on any atom is 0.139 e. The topological polar surface area (TPSA) is 67.6 Å². The van der Waals surface area contributed by atoms with Crippen molar-refractivity contribution in [3.05, 3.63) is 35.9 Å². The molecule has 2 aromatic heterocycles. The number of hydrogen-bond acceptors (Lipinski definition) is 3. The first-order valence-electron chi connectivity index (χ1n) is 4.46. The quantitative estimate of drug-likeness (QED) is 0.745. The van der Waals surface area contributed by atoms with Gasteiger partial charge in [0.2, 0.25) is 0 Å². The molecule has 4 heteroatoms. The molecule has 0 aliphatic carbocycles. The molecule has 0 radical (unpaired) electrons. The van der Waals surface area contributed by atoms with Gasteiger partial charge in [-0.2, -0.15) is 0 Å². The largest absolute Gasteiger partial charge is 0.341 e. The second kappa shape index (κ2) is 3.59. The van der Waals surface area contributed by atoms with Gasteiger partial charge in [0.25, 0.3) is 0 Å². The third kappa shape index (κ3) is 1.52. The maximum atomic E-state index is 5.49. The first-order chi connectivity index (χ1) is 6.81. The van der Waals surface area contributed by atoms with Crippen LogP contribution >= 0.6 is 0 Å². The van der Waals surface area contributed by atoms with Gasteiger partial charge in [0.1, 0.15) is 5.82 Å². The molecule has 0 atom stereocenters. The predicted octanol–water partition coefficient (Wildman–Crippen LogP) is 1.24. The molecule has 0 unspecified atom stereocenters. The van der Waals surface area contributed by atoms with Gasteiger partial charge < -0.3 is 10.7 Å². The minimum absolute atomic E-state index is 0.478. The van der Waals surface area contributed by atoms with Gasteiger partial charge in [-0.3, -0.25) is 4.98 Å². The first-order valence-corrected chi connectivity index (χ1v) is 4.46. The smallest absolute Gasteiger partial charge is 0.139 e. The Morgan fingerprint density at radius 1 is 1.43 bits per heavy atom. The summed E-state index contributed by atoms with van der Waals surface area (Å²) >= 11 is 0. The standard InChI is InChI=1S/C10H12N4/c1-7-2-3-12-6-9(7)10-13-5-8(4-11)14-10/h2-3,5-6H,4,11H2,1H3,(H,13,14). The molecule has 3 N–H and O–H groups in total. The highest BCUT2D eigenvalue weighted by molar-refractivity contribution is 5.58. The summed E-state index contributed by atoms with van der Waals surface area (Å²) in [6.07, 6.45) is 5.32. The van der Waals surface area contributed by atoms with Gasteiger partial charge in [-0.25, -0.2) is 4.98 Å². The molecule has 2 rings (SSSR count). The summed E-state index contributed by atoms with van der Waals surface area (Å²) < 4.78 is 0. The number of imidazole rings is 1. The Bertz CT molecular complexity index is 433. The second-order valence-electron chi connectivity index (χ2n) is 3.15. The van der Waals surface area contributed by atoms with Crippen molar-refractivity contribution in [1.82, 2.24) is 15.0 Å². The van der Waals surface area contributed by atoms with E-state index in [1.54, 1.807) is 18.6 Å². The van der Waals surface area contributed by atoms with E-state index in [1.165, 1.54) is 0 Å². The molecule has 0 aliphatic heterocycles. The van der Waals surface area contributed by atoms with Crippen molar-refractivity contribution in [2.75, 3.05) is 0 Å². The number of nitrogens with zero attached hydrogens (tertiary/aromatic N) is 2. The summed E-state index contributed by atoms with van der Waals surface area (Å²) in [4.78, 5) is 11.5. The van der Waals surface area contributed by atoms with Crippen molar-refractivity contribution in [3.63, 3.8) is 0 Å². The molecule has 0 aromatic carbocycles. The number of nitrogens with one attached hydrogen (secondary N) is 1. The van der Waals surface area contributed by atoms with Gasteiger partial charge in [-0.1, -0.05) is 0 Å². The van der Waals surface area contributed by atoms with Crippen molar-refractivity contribution in [2.24, 2.45) is 5.73 Å². The zero-order valence-corrected chi connectivity index (χ0v) is 7.99. The highest BCUT2D eigenvalue weighted by Crippen LogP contribution is 2.18. The Labute approximate surface area is 82.2 Å². The number of hydrogen-bond donors (Lipinski definition) is 2. The molecule has 0 saturated heterocycles. The number of aryl methyl sites for hydroxylation is 1. The van der Waals surface area contributed by atoms with Crippen LogP contribution in [0.25, 0.3) is 11.4 Å². The average Bonchev–Trinajstić information content (AvgIpc) is 2.67. The molecule has 0 fully saturated rings. The van der Waals surface area contributed by atoms with Crippen LogP contribution in [0.4, 0.5) is 0 Å². The Kier molecular flexibility index (Phi) is 2.28. The normalized spacial score (nSPS) is 10.4. The molecule has 14 heavy (non-hydrogen) atoms. The van der Waals surface area contributed by atoms with Crippen molar-refractivity contribution in [3.8, 4) is 11.4 Å². The lowest BCUT2D eigenvalue weighted by Gasteiger charge is -1.99. The van der Waals surface area contributed by atoms with Crippen molar-refractivity contribution in [2.45, 2.75) is 13.5 Å². The summed E-state index contributed by atoms with van der Waals surface area (Å²) in [5.41, 5.74) is 8.60. The molecular formula is C10H12N4. The fraction of sp³-hybridized carbons (Fsp3) is 0.200.